The number of nitrogens with one attached hydrogen (secondary N) is 1. The van der Waals surface area contributed by atoms with E-state index in [0.717, 1.165) is 0 Å². The minimum Gasteiger partial charge on any atom is -0.481 e. The first-order valence-electron chi connectivity index (χ1n) is 6.95. The minimum absolute atomic E-state index is 0.0528. The average molecular weight is 348 g/mol. The predicted molar refractivity (Wildman–Crippen MR) is 90.4 cm³/mol. The zero-order valence-electron chi connectivity index (χ0n) is 12.7. The van der Waals surface area contributed by atoms with Crippen molar-refractivity contribution in [2.45, 2.75) is 13.0 Å². The van der Waals surface area contributed by atoms with Crippen molar-refractivity contribution in [3.05, 3.63) is 69.2 Å². The van der Waals surface area contributed by atoms with Gasteiger partial charge >= 0.3 is 0 Å². The number of carbonyl (C=O) groups excluding carboxylic acids is 1. The molecule has 0 heterocycles. The van der Waals surface area contributed by atoms with Crippen molar-refractivity contribution in [2.75, 3.05) is 0 Å². The SMILES string of the molecule is CC(Oc1cccc(Cl)c1)C(=O)NN=Cc1cccc([N+](=O)[O-])c1. The lowest BCUT2D eigenvalue weighted by Gasteiger charge is -2.12. The second-order valence-electron chi connectivity index (χ2n) is 4.80. The highest BCUT2D eigenvalue weighted by molar-refractivity contribution is 6.30. The number of benzene rings is 2. The summed E-state index contributed by atoms with van der Waals surface area (Å²) < 4.78 is 5.45. The van der Waals surface area contributed by atoms with E-state index in [-0.39, 0.29) is 5.69 Å². The third kappa shape index (κ3) is 5.06. The topological polar surface area (TPSA) is 93.8 Å². The van der Waals surface area contributed by atoms with Gasteiger partial charge in [0.15, 0.2) is 6.10 Å². The molecule has 124 valence electrons. The van der Waals surface area contributed by atoms with Gasteiger partial charge in [0, 0.05) is 22.7 Å². The van der Waals surface area contributed by atoms with E-state index >= 15 is 0 Å². The number of ether oxygens (including phenoxy) is 1. The van der Waals surface area contributed by atoms with Crippen molar-refractivity contribution in [3.63, 3.8) is 0 Å². The number of rotatable bonds is 6. The summed E-state index contributed by atoms with van der Waals surface area (Å²) in [7, 11) is 0. The van der Waals surface area contributed by atoms with Crippen LogP contribution in [0.4, 0.5) is 5.69 Å². The molecule has 2 aromatic rings. The van der Waals surface area contributed by atoms with E-state index in [1.165, 1.54) is 24.4 Å². The summed E-state index contributed by atoms with van der Waals surface area (Å²) in [5, 5.41) is 15.0. The van der Waals surface area contributed by atoms with Crippen molar-refractivity contribution >= 4 is 29.4 Å². The first-order chi connectivity index (χ1) is 11.5. The summed E-state index contributed by atoms with van der Waals surface area (Å²) in [5.74, 6) is 0.00414. The van der Waals surface area contributed by atoms with Gasteiger partial charge in [0.25, 0.3) is 11.6 Å². The molecule has 7 nitrogen and oxygen atoms in total. The lowest BCUT2D eigenvalue weighted by Crippen LogP contribution is -2.33. The second-order valence-corrected chi connectivity index (χ2v) is 5.24. The molecule has 2 rings (SSSR count). The van der Waals surface area contributed by atoms with Crippen LogP contribution in [0.3, 0.4) is 0 Å². The lowest BCUT2D eigenvalue weighted by atomic mass is 10.2. The van der Waals surface area contributed by atoms with Crippen molar-refractivity contribution in [1.82, 2.24) is 5.43 Å². The number of hydrazone groups is 1. The Hall–Kier alpha value is -2.93. The smallest absolute Gasteiger partial charge is 0.280 e. The molecule has 0 fully saturated rings. The number of amides is 1. The van der Waals surface area contributed by atoms with Crippen LogP contribution < -0.4 is 10.2 Å². The van der Waals surface area contributed by atoms with Crippen LogP contribution in [0, 0.1) is 10.1 Å². The fraction of sp³-hybridized carbons (Fsp3) is 0.125. The largest absolute Gasteiger partial charge is 0.481 e. The van der Waals surface area contributed by atoms with Crippen molar-refractivity contribution in [2.24, 2.45) is 5.10 Å². The van der Waals surface area contributed by atoms with Crippen LogP contribution in [0.2, 0.25) is 5.02 Å². The average Bonchev–Trinajstić information content (AvgIpc) is 2.55. The van der Waals surface area contributed by atoms with Gasteiger partial charge in [-0.1, -0.05) is 29.8 Å². The zero-order chi connectivity index (χ0) is 17.5. The fourth-order valence-corrected chi connectivity index (χ4v) is 1.96. The van der Waals surface area contributed by atoms with Crippen LogP contribution in [-0.2, 0) is 4.79 Å². The van der Waals surface area contributed by atoms with Gasteiger partial charge in [-0.2, -0.15) is 5.10 Å². The Kier molecular flexibility index (Phi) is 5.86. The summed E-state index contributed by atoms with van der Waals surface area (Å²) in [6, 6.07) is 12.6. The number of nitrogens with zero attached hydrogens (tertiary/aromatic N) is 2. The molecule has 0 saturated carbocycles. The summed E-state index contributed by atoms with van der Waals surface area (Å²) >= 11 is 5.84. The molecule has 0 aliphatic carbocycles. The van der Waals surface area contributed by atoms with Gasteiger partial charge in [0.1, 0.15) is 5.75 Å². The summed E-state index contributed by atoms with van der Waals surface area (Å²) in [5.41, 5.74) is 2.76. The van der Waals surface area contributed by atoms with E-state index in [1.807, 2.05) is 0 Å². The normalized spacial score (nSPS) is 11.9. The molecule has 8 heteroatoms. The Balaban J connectivity index is 1.92. The highest BCUT2D eigenvalue weighted by atomic mass is 35.5. The maximum atomic E-state index is 11.9. The molecule has 24 heavy (non-hydrogen) atoms. The van der Waals surface area contributed by atoms with Gasteiger partial charge in [-0.25, -0.2) is 5.43 Å². The molecular weight excluding hydrogens is 334 g/mol. The fourth-order valence-electron chi connectivity index (χ4n) is 1.78. The third-order valence-electron chi connectivity index (χ3n) is 2.95. The molecule has 2 aromatic carbocycles. The van der Waals surface area contributed by atoms with Crippen LogP contribution in [0.1, 0.15) is 12.5 Å². The van der Waals surface area contributed by atoms with Crippen LogP contribution in [-0.4, -0.2) is 23.1 Å². The van der Waals surface area contributed by atoms with Crippen LogP contribution in [0.5, 0.6) is 5.75 Å². The molecule has 0 radical (unpaired) electrons. The Morgan fingerprint density at radius 3 is 2.79 bits per heavy atom. The third-order valence-corrected chi connectivity index (χ3v) is 3.18. The second kappa shape index (κ2) is 8.07. The highest BCUT2D eigenvalue weighted by Crippen LogP contribution is 2.18. The van der Waals surface area contributed by atoms with E-state index in [9.17, 15) is 14.9 Å². The zero-order valence-corrected chi connectivity index (χ0v) is 13.4. The summed E-state index contributed by atoms with van der Waals surface area (Å²) in [6.45, 7) is 1.57. The quantitative estimate of drug-likeness (QED) is 0.493. The number of nitro benzene ring substituents is 1. The summed E-state index contributed by atoms with van der Waals surface area (Å²) in [4.78, 5) is 22.1. The van der Waals surface area contributed by atoms with Gasteiger partial charge in [-0.3, -0.25) is 14.9 Å². The standard InChI is InChI=1S/C16H14ClN3O4/c1-11(24-15-7-3-5-13(17)9-15)16(21)19-18-10-12-4-2-6-14(8-12)20(22)23/h2-11H,1H3,(H,19,21). The molecule has 1 unspecified atom stereocenters. The summed E-state index contributed by atoms with van der Waals surface area (Å²) in [6.07, 6.45) is 0.530. The number of hydrogen-bond donors (Lipinski definition) is 1. The molecule has 1 N–H and O–H groups in total. The Morgan fingerprint density at radius 1 is 1.33 bits per heavy atom. The number of non-ortho nitro benzene ring substituents is 1. The van der Waals surface area contributed by atoms with Gasteiger partial charge in [-0.15, -0.1) is 0 Å². The van der Waals surface area contributed by atoms with E-state index in [0.29, 0.717) is 16.3 Å². The molecule has 0 saturated heterocycles. The number of nitro groups is 1. The number of carbonyl (C=O) groups is 1. The molecular formula is C16H14ClN3O4. The number of hydrogen-bond acceptors (Lipinski definition) is 5. The molecule has 1 amide bonds. The molecule has 0 aliphatic rings. The molecule has 0 aromatic heterocycles. The first kappa shape index (κ1) is 17.4. The maximum Gasteiger partial charge on any atom is 0.280 e. The maximum absolute atomic E-state index is 11.9. The van der Waals surface area contributed by atoms with Gasteiger partial charge < -0.3 is 4.74 Å². The van der Waals surface area contributed by atoms with E-state index in [1.54, 1.807) is 37.3 Å². The molecule has 0 aliphatic heterocycles. The van der Waals surface area contributed by atoms with Gasteiger partial charge in [0.05, 0.1) is 11.1 Å². The van der Waals surface area contributed by atoms with E-state index in [2.05, 4.69) is 10.5 Å². The minimum atomic E-state index is -0.786. The van der Waals surface area contributed by atoms with Crippen molar-refractivity contribution < 1.29 is 14.5 Å². The molecule has 0 bridgehead atoms. The molecule has 1 atom stereocenters. The Bertz CT molecular complexity index is 779. The molecule has 0 spiro atoms. The monoisotopic (exact) mass is 347 g/mol. The Labute approximate surface area is 143 Å². The van der Waals surface area contributed by atoms with Crippen LogP contribution in [0.15, 0.2) is 53.6 Å². The van der Waals surface area contributed by atoms with Crippen LogP contribution >= 0.6 is 11.6 Å². The van der Waals surface area contributed by atoms with Crippen molar-refractivity contribution in [3.8, 4) is 5.75 Å². The van der Waals surface area contributed by atoms with Crippen molar-refractivity contribution in [1.29, 1.82) is 0 Å². The highest BCUT2D eigenvalue weighted by Gasteiger charge is 2.14. The first-order valence-corrected chi connectivity index (χ1v) is 7.33. The van der Waals surface area contributed by atoms with Gasteiger partial charge in [0.2, 0.25) is 0 Å². The number of halogens is 1. The van der Waals surface area contributed by atoms with E-state index < -0.39 is 16.9 Å². The van der Waals surface area contributed by atoms with Gasteiger partial charge in [-0.05, 0) is 25.1 Å². The van der Waals surface area contributed by atoms with Crippen LogP contribution in [0.25, 0.3) is 0 Å². The Morgan fingerprint density at radius 2 is 2.08 bits per heavy atom. The predicted octanol–water partition coefficient (Wildman–Crippen LogP) is 3.17. The van der Waals surface area contributed by atoms with E-state index in [4.69, 9.17) is 16.3 Å². The lowest BCUT2D eigenvalue weighted by molar-refractivity contribution is -0.384.